The van der Waals surface area contributed by atoms with Crippen molar-refractivity contribution in [3.63, 3.8) is 0 Å². The molecule has 0 atom stereocenters. The average Bonchev–Trinajstić information content (AvgIpc) is 2.52. The summed E-state index contributed by atoms with van der Waals surface area (Å²) in [6, 6.07) is 6.60. The van der Waals surface area contributed by atoms with Crippen LogP contribution in [0.2, 0.25) is 0 Å². The van der Waals surface area contributed by atoms with Gasteiger partial charge in [-0.2, -0.15) is 4.73 Å². The van der Waals surface area contributed by atoms with Gasteiger partial charge in [0.2, 0.25) is 5.52 Å². The van der Waals surface area contributed by atoms with Gasteiger partial charge in [0.25, 0.3) is 0 Å². The first-order valence-corrected chi connectivity index (χ1v) is 7.30. The van der Waals surface area contributed by atoms with Crippen LogP contribution in [0.1, 0.15) is 37.0 Å². The molecule has 0 fully saturated rings. The summed E-state index contributed by atoms with van der Waals surface area (Å²) in [6.45, 7) is 4.88. The van der Waals surface area contributed by atoms with Gasteiger partial charge in [0.1, 0.15) is 12.1 Å². The predicted octanol–water partition coefficient (Wildman–Crippen LogP) is 1.74. The zero-order valence-electron chi connectivity index (χ0n) is 13.2. The molecule has 2 aromatic rings. The number of benzene rings is 1. The van der Waals surface area contributed by atoms with Crippen LogP contribution in [0, 0.1) is 11.1 Å². The lowest BCUT2D eigenvalue weighted by Gasteiger charge is -2.12. The number of hydrogen-bond acceptors (Lipinski definition) is 6. The molecule has 0 amide bonds. The Morgan fingerprint density at radius 1 is 1.26 bits per heavy atom. The summed E-state index contributed by atoms with van der Waals surface area (Å²) in [6.07, 6.45) is 0. The third kappa shape index (κ3) is 3.56. The Balaban J connectivity index is 2.49. The van der Waals surface area contributed by atoms with Crippen LogP contribution < -0.4 is 4.73 Å². The van der Waals surface area contributed by atoms with Gasteiger partial charge in [-0.15, -0.1) is 0 Å². The first-order valence-electron chi connectivity index (χ1n) is 7.30. The number of carbonyl (C=O) groups excluding carboxylic acids is 2. The molecule has 1 heterocycles. The van der Waals surface area contributed by atoms with Crippen molar-refractivity contribution in [3.8, 4) is 0 Å². The highest BCUT2D eigenvalue weighted by atomic mass is 16.5. The van der Waals surface area contributed by atoms with Crippen molar-refractivity contribution in [3.05, 3.63) is 40.9 Å². The maximum atomic E-state index is 12.5. The second-order valence-electron chi connectivity index (χ2n) is 5.17. The fourth-order valence-corrected chi connectivity index (χ4v) is 1.97. The molecule has 0 saturated carbocycles. The summed E-state index contributed by atoms with van der Waals surface area (Å²) in [5.41, 5.74) is 0.467. The molecule has 0 radical (unpaired) electrons. The Hall–Kier alpha value is -2.70. The molecule has 2 rings (SSSR count). The summed E-state index contributed by atoms with van der Waals surface area (Å²) >= 11 is 0. The van der Waals surface area contributed by atoms with E-state index in [9.17, 15) is 14.8 Å². The van der Waals surface area contributed by atoms with E-state index >= 15 is 0 Å². The maximum Gasteiger partial charge on any atom is 0.407 e. The van der Waals surface area contributed by atoms with Gasteiger partial charge >= 0.3 is 17.6 Å². The second kappa shape index (κ2) is 7.04. The summed E-state index contributed by atoms with van der Waals surface area (Å²) in [5.74, 6) is -1.55. The number of para-hydroxylation sites is 2. The number of ether oxygens (including phenoxy) is 2. The van der Waals surface area contributed by atoms with E-state index in [1.165, 1.54) is 0 Å². The molecule has 0 unspecified atom stereocenters. The zero-order chi connectivity index (χ0) is 17.0. The standard InChI is InChI=1S/C16H18N2O5/c1-4-22-16(20)14-12(9-23-15(19)10(2)3)17-11-7-5-6-8-13(11)18(14)21/h5-8,10H,4,9H2,1-3H3. The van der Waals surface area contributed by atoms with E-state index in [1.807, 2.05) is 0 Å². The number of rotatable bonds is 5. The summed E-state index contributed by atoms with van der Waals surface area (Å²) in [5, 5.41) is 12.5. The van der Waals surface area contributed by atoms with Crippen molar-refractivity contribution in [1.82, 2.24) is 4.98 Å². The maximum absolute atomic E-state index is 12.5. The molecule has 1 aromatic heterocycles. The van der Waals surface area contributed by atoms with Crippen molar-refractivity contribution < 1.29 is 23.8 Å². The van der Waals surface area contributed by atoms with Gasteiger partial charge in [-0.1, -0.05) is 26.0 Å². The van der Waals surface area contributed by atoms with Gasteiger partial charge in [0, 0.05) is 6.07 Å². The summed E-state index contributed by atoms with van der Waals surface area (Å²) in [7, 11) is 0. The quantitative estimate of drug-likeness (QED) is 0.474. The Bertz CT molecular complexity index is 743. The highest BCUT2D eigenvalue weighted by Crippen LogP contribution is 2.14. The Morgan fingerprint density at radius 3 is 2.61 bits per heavy atom. The van der Waals surface area contributed by atoms with E-state index in [4.69, 9.17) is 9.47 Å². The highest BCUT2D eigenvalue weighted by molar-refractivity contribution is 5.88. The minimum atomic E-state index is -0.795. The molecule has 23 heavy (non-hydrogen) atoms. The molecule has 1 aromatic carbocycles. The average molecular weight is 318 g/mol. The molecule has 7 nitrogen and oxygen atoms in total. The van der Waals surface area contributed by atoms with Crippen molar-refractivity contribution in [1.29, 1.82) is 0 Å². The monoisotopic (exact) mass is 318 g/mol. The van der Waals surface area contributed by atoms with Gasteiger partial charge in [-0.05, 0) is 13.0 Å². The molecule has 0 aliphatic carbocycles. The molecule has 0 N–H and O–H groups in total. The van der Waals surface area contributed by atoms with Gasteiger partial charge in [0.05, 0.1) is 12.5 Å². The van der Waals surface area contributed by atoms with Crippen molar-refractivity contribution in [2.45, 2.75) is 27.4 Å². The van der Waals surface area contributed by atoms with E-state index in [0.717, 1.165) is 0 Å². The fraction of sp³-hybridized carbons (Fsp3) is 0.375. The van der Waals surface area contributed by atoms with Crippen LogP contribution in [0.4, 0.5) is 0 Å². The van der Waals surface area contributed by atoms with Crippen LogP contribution >= 0.6 is 0 Å². The van der Waals surface area contributed by atoms with E-state index in [1.54, 1.807) is 45.0 Å². The minimum Gasteiger partial charge on any atom is -0.618 e. The lowest BCUT2D eigenvalue weighted by molar-refractivity contribution is -0.581. The van der Waals surface area contributed by atoms with E-state index in [0.29, 0.717) is 10.2 Å². The molecule has 0 aliphatic rings. The molecule has 0 spiro atoms. The van der Waals surface area contributed by atoms with Crippen LogP contribution in [0.25, 0.3) is 11.0 Å². The molecule has 122 valence electrons. The van der Waals surface area contributed by atoms with E-state index < -0.39 is 11.9 Å². The third-order valence-corrected chi connectivity index (χ3v) is 3.12. The number of esters is 2. The Morgan fingerprint density at radius 2 is 1.96 bits per heavy atom. The van der Waals surface area contributed by atoms with Crippen molar-refractivity contribution in [2.24, 2.45) is 5.92 Å². The van der Waals surface area contributed by atoms with Crippen LogP contribution in [-0.2, 0) is 20.9 Å². The Labute approximate surface area is 133 Å². The van der Waals surface area contributed by atoms with Crippen LogP contribution in [0.5, 0.6) is 0 Å². The normalized spacial score (nSPS) is 10.8. The number of aromatic nitrogens is 2. The second-order valence-corrected chi connectivity index (χ2v) is 5.17. The molecule has 7 heteroatoms. The topological polar surface area (TPSA) is 92.4 Å². The minimum absolute atomic E-state index is 0.0751. The number of hydrogen-bond donors (Lipinski definition) is 0. The Kier molecular flexibility index (Phi) is 5.10. The summed E-state index contributed by atoms with van der Waals surface area (Å²) in [4.78, 5) is 28.0. The number of carbonyl (C=O) groups is 2. The molecule has 0 saturated heterocycles. The smallest absolute Gasteiger partial charge is 0.407 e. The first-order chi connectivity index (χ1) is 11.0. The van der Waals surface area contributed by atoms with E-state index in [2.05, 4.69) is 4.98 Å². The molecular weight excluding hydrogens is 300 g/mol. The van der Waals surface area contributed by atoms with Crippen molar-refractivity contribution >= 4 is 23.0 Å². The van der Waals surface area contributed by atoms with Crippen LogP contribution in [-0.4, -0.2) is 23.5 Å². The molecule has 0 aliphatic heterocycles. The molecule has 0 bridgehead atoms. The largest absolute Gasteiger partial charge is 0.618 e. The van der Waals surface area contributed by atoms with Gasteiger partial charge in [0.15, 0.2) is 5.69 Å². The van der Waals surface area contributed by atoms with Crippen molar-refractivity contribution in [2.75, 3.05) is 6.61 Å². The fourth-order valence-electron chi connectivity index (χ4n) is 1.97. The SMILES string of the molecule is CCOC(=O)c1c(COC(=O)C(C)C)nc2ccccc2[n+]1[O-]. The van der Waals surface area contributed by atoms with Gasteiger partial charge < -0.3 is 14.7 Å². The first kappa shape index (κ1) is 16.7. The number of fused-ring (bicyclic) bond motifs is 1. The van der Waals surface area contributed by atoms with Crippen LogP contribution in [0.3, 0.4) is 0 Å². The third-order valence-electron chi connectivity index (χ3n) is 3.12. The van der Waals surface area contributed by atoms with Crippen LogP contribution in [0.15, 0.2) is 24.3 Å². The predicted molar refractivity (Wildman–Crippen MR) is 81.3 cm³/mol. The lowest BCUT2D eigenvalue weighted by Crippen LogP contribution is -2.39. The lowest BCUT2D eigenvalue weighted by atomic mass is 10.2. The highest BCUT2D eigenvalue weighted by Gasteiger charge is 2.28. The summed E-state index contributed by atoms with van der Waals surface area (Å²) < 4.78 is 10.5. The molecular formula is C16H18N2O5. The van der Waals surface area contributed by atoms with E-state index in [-0.39, 0.29) is 36.0 Å². The van der Waals surface area contributed by atoms with Gasteiger partial charge in [-0.25, -0.2) is 9.78 Å². The zero-order valence-corrected chi connectivity index (χ0v) is 13.2. The van der Waals surface area contributed by atoms with Gasteiger partial charge in [-0.3, -0.25) is 4.79 Å². The number of nitrogens with zero attached hydrogens (tertiary/aromatic N) is 2.